The van der Waals surface area contributed by atoms with Crippen molar-refractivity contribution in [2.45, 2.75) is 0 Å². The van der Waals surface area contributed by atoms with Crippen molar-refractivity contribution in [1.29, 1.82) is 5.26 Å². The normalized spacial score (nSPS) is 10.7. The van der Waals surface area contributed by atoms with E-state index in [1.807, 2.05) is 0 Å². The lowest BCUT2D eigenvalue weighted by Gasteiger charge is -2.10. The maximum absolute atomic E-state index is 13.6. The average molecular weight is 544 g/mol. The third-order valence-corrected chi connectivity index (χ3v) is 6.18. The zero-order valence-corrected chi connectivity index (χ0v) is 21.4. The monoisotopic (exact) mass is 543 g/mol. The van der Waals surface area contributed by atoms with Crippen LogP contribution in [0.2, 0.25) is 10.0 Å². The summed E-state index contributed by atoms with van der Waals surface area (Å²) in [5, 5.41) is 21.4. The molecule has 0 unspecified atom stereocenters. The molecule has 0 fully saturated rings. The quantitative estimate of drug-likeness (QED) is 0.233. The van der Waals surface area contributed by atoms with E-state index in [-0.39, 0.29) is 34.1 Å². The largest absolute Gasteiger partial charge is 0.497 e. The molecule has 11 heteroatoms. The first-order chi connectivity index (χ1) is 18.4. The van der Waals surface area contributed by atoms with Gasteiger partial charge in [0.15, 0.2) is 11.5 Å². The third kappa shape index (κ3) is 4.78. The number of aromatic nitrogens is 3. The molecule has 0 bridgehead atoms. The summed E-state index contributed by atoms with van der Waals surface area (Å²) in [5.41, 5.74) is 8.78. The fourth-order valence-corrected chi connectivity index (χ4v) is 4.18. The summed E-state index contributed by atoms with van der Waals surface area (Å²) in [4.78, 5) is 18.3. The van der Waals surface area contributed by atoms with E-state index in [4.69, 9.17) is 33.7 Å². The Morgan fingerprint density at radius 2 is 1.74 bits per heavy atom. The minimum atomic E-state index is -0.494. The fraction of sp³-hybridized carbons (Fsp3) is 0.0370. The summed E-state index contributed by atoms with van der Waals surface area (Å²) in [7, 11) is 1.57. The van der Waals surface area contributed by atoms with Crippen LogP contribution in [0.15, 0.2) is 72.8 Å². The van der Waals surface area contributed by atoms with Gasteiger partial charge in [0, 0.05) is 27.0 Å². The van der Waals surface area contributed by atoms with Crippen LogP contribution in [0.1, 0.15) is 15.9 Å². The van der Waals surface area contributed by atoms with Crippen molar-refractivity contribution in [3.63, 3.8) is 0 Å². The van der Waals surface area contributed by atoms with Gasteiger partial charge in [0.2, 0.25) is 0 Å². The fourth-order valence-electron chi connectivity index (χ4n) is 3.86. The molecule has 0 spiro atoms. The van der Waals surface area contributed by atoms with Crippen molar-refractivity contribution in [1.82, 2.24) is 14.6 Å². The van der Waals surface area contributed by atoms with Gasteiger partial charge in [-0.25, -0.2) is 4.98 Å². The van der Waals surface area contributed by atoms with E-state index >= 15 is 0 Å². The molecule has 5 aromatic rings. The molecule has 0 atom stereocenters. The van der Waals surface area contributed by atoms with Crippen LogP contribution in [0.3, 0.4) is 0 Å². The van der Waals surface area contributed by atoms with Crippen molar-refractivity contribution in [3.05, 3.63) is 94.0 Å². The molecule has 1 amide bonds. The summed E-state index contributed by atoms with van der Waals surface area (Å²) in [6, 6.07) is 22.7. The van der Waals surface area contributed by atoms with Crippen molar-refractivity contribution < 1.29 is 9.53 Å². The number of halogens is 2. The number of nitrogen functional groups attached to an aromatic ring is 1. The Morgan fingerprint density at radius 3 is 2.39 bits per heavy atom. The second kappa shape index (κ2) is 10.3. The second-order valence-corrected chi connectivity index (χ2v) is 8.99. The molecular weight excluding hydrogens is 525 g/mol. The molecule has 0 saturated heterocycles. The zero-order valence-electron chi connectivity index (χ0n) is 19.9. The van der Waals surface area contributed by atoms with E-state index in [1.54, 1.807) is 79.9 Å². The summed E-state index contributed by atoms with van der Waals surface area (Å²) < 4.78 is 6.49. The predicted octanol–water partition coefficient (Wildman–Crippen LogP) is 6.16. The van der Waals surface area contributed by atoms with Gasteiger partial charge in [-0.1, -0.05) is 35.3 Å². The molecular formula is C27H19Cl2N7O2. The predicted molar refractivity (Wildman–Crippen MR) is 148 cm³/mol. The summed E-state index contributed by atoms with van der Waals surface area (Å²) in [6.07, 6.45) is 0. The van der Waals surface area contributed by atoms with Crippen molar-refractivity contribution in [2.24, 2.45) is 0 Å². The van der Waals surface area contributed by atoms with Crippen molar-refractivity contribution in [2.75, 3.05) is 23.5 Å². The van der Waals surface area contributed by atoms with Crippen LogP contribution >= 0.6 is 23.2 Å². The number of carbonyl (C=O) groups is 1. The smallest absolute Gasteiger partial charge is 0.263 e. The summed E-state index contributed by atoms with van der Waals surface area (Å²) >= 11 is 12.2. The Hall–Kier alpha value is -4.78. The highest BCUT2D eigenvalue weighted by molar-refractivity contribution is 6.31. The van der Waals surface area contributed by atoms with E-state index < -0.39 is 5.91 Å². The first-order valence-electron chi connectivity index (χ1n) is 11.2. The zero-order chi connectivity index (χ0) is 26.8. The number of nitrogens with two attached hydrogens (primary N) is 1. The van der Waals surface area contributed by atoms with Gasteiger partial charge in [-0.15, -0.1) is 5.10 Å². The number of rotatable bonds is 6. The van der Waals surface area contributed by atoms with Crippen LogP contribution in [0, 0.1) is 11.3 Å². The van der Waals surface area contributed by atoms with Crippen LogP contribution in [0.5, 0.6) is 5.75 Å². The summed E-state index contributed by atoms with van der Waals surface area (Å²) in [6.45, 7) is 0. The van der Waals surface area contributed by atoms with Gasteiger partial charge < -0.3 is 21.1 Å². The Labute approximate surface area is 227 Å². The van der Waals surface area contributed by atoms with Gasteiger partial charge in [-0.3, -0.25) is 4.79 Å². The summed E-state index contributed by atoms with van der Waals surface area (Å²) in [5.74, 6) is 0.387. The van der Waals surface area contributed by atoms with Gasteiger partial charge >= 0.3 is 0 Å². The van der Waals surface area contributed by atoms with Crippen LogP contribution in [-0.2, 0) is 0 Å². The molecule has 4 N–H and O–H groups in total. The molecule has 0 aliphatic carbocycles. The standard InChI is InChI=1S/C27H19Cl2N7O2/c1-38-20-11-9-18(10-12-20)32-25-22(27(37)33-19-7-5-16(28)6-8-19)26-34-23(15-3-2-4-17(29)13-15)21(14-30)24(31)36(26)35-25/h2-13H,31H2,1H3,(H,32,35)(H,33,37). The lowest BCUT2D eigenvalue weighted by atomic mass is 10.1. The Balaban J connectivity index is 1.70. The molecule has 2 heterocycles. The second-order valence-electron chi connectivity index (χ2n) is 8.12. The van der Waals surface area contributed by atoms with Gasteiger partial charge in [-0.2, -0.15) is 9.78 Å². The molecule has 5 rings (SSSR count). The molecule has 0 aliphatic rings. The first-order valence-corrected chi connectivity index (χ1v) is 12.0. The van der Waals surface area contributed by atoms with E-state index in [9.17, 15) is 10.1 Å². The molecule has 0 saturated carbocycles. The van der Waals surface area contributed by atoms with Gasteiger partial charge in [0.1, 0.15) is 28.8 Å². The molecule has 0 aliphatic heterocycles. The number of nitrogens with zero attached hydrogens (tertiary/aromatic N) is 4. The van der Waals surface area contributed by atoms with Gasteiger partial charge in [0.05, 0.1) is 12.8 Å². The number of hydrogen-bond donors (Lipinski definition) is 3. The number of nitrogens with one attached hydrogen (secondary N) is 2. The highest BCUT2D eigenvalue weighted by Crippen LogP contribution is 2.33. The van der Waals surface area contributed by atoms with Crippen LogP contribution in [0.25, 0.3) is 16.9 Å². The number of hydrogen-bond acceptors (Lipinski definition) is 7. The number of amides is 1. The number of ether oxygens (including phenoxy) is 1. The van der Waals surface area contributed by atoms with Crippen LogP contribution in [-0.4, -0.2) is 27.6 Å². The highest BCUT2D eigenvalue weighted by atomic mass is 35.5. The van der Waals surface area contributed by atoms with Crippen LogP contribution < -0.4 is 21.1 Å². The number of methoxy groups -OCH3 is 1. The SMILES string of the molecule is COc1ccc(Nc2nn3c(N)c(C#N)c(-c4cccc(Cl)c4)nc3c2C(=O)Nc2ccc(Cl)cc2)cc1. The lowest BCUT2D eigenvalue weighted by Crippen LogP contribution is -2.14. The maximum Gasteiger partial charge on any atom is 0.263 e. The van der Waals surface area contributed by atoms with E-state index in [2.05, 4.69) is 26.8 Å². The van der Waals surface area contributed by atoms with E-state index in [0.717, 1.165) is 0 Å². The molecule has 2 aromatic heterocycles. The lowest BCUT2D eigenvalue weighted by molar-refractivity contribution is 0.102. The molecule has 3 aromatic carbocycles. The number of nitriles is 1. The molecule has 9 nitrogen and oxygen atoms in total. The Kier molecular flexibility index (Phi) is 6.75. The minimum absolute atomic E-state index is 0.0239. The van der Waals surface area contributed by atoms with Crippen LogP contribution in [0.4, 0.5) is 23.0 Å². The number of benzene rings is 3. The van der Waals surface area contributed by atoms with Crippen molar-refractivity contribution in [3.8, 4) is 23.1 Å². The van der Waals surface area contributed by atoms with Gasteiger partial charge in [-0.05, 0) is 60.7 Å². The average Bonchev–Trinajstić information content (AvgIpc) is 3.28. The van der Waals surface area contributed by atoms with Crippen molar-refractivity contribution >= 4 is 57.8 Å². The van der Waals surface area contributed by atoms with E-state index in [1.165, 1.54) is 4.52 Å². The molecule has 38 heavy (non-hydrogen) atoms. The topological polar surface area (TPSA) is 130 Å². The molecule has 188 valence electrons. The minimum Gasteiger partial charge on any atom is -0.497 e. The Morgan fingerprint density at radius 1 is 1.03 bits per heavy atom. The number of carbonyl (C=O) groups excluding carboxylic acids is 1. The number of fused-ring (bicyclic) bond motifs is 1. The third-order valence-electron chi connectivity index (χ3n) is 5.69. The highest BCUT2D eigenvalue weighted by Gasteiger charge is 2.26. The number of anilines is 4. The van der Waals surface area contributed by atoms with E-state index in [0.29, 0.717) is 32.7 Å². The Bertz CT molecular complexity index is 1710. The maximum atomic E-state index is 13.6. The molecule has 0 radical (unpaired) electrons. The first kappa shape index (κ1) is 24.9. The van der Waals surface area contributed by atoms with Gasteiger partial charge in [0.25, 0.3) is 5.91 Å².